The van der Waals surface area contributed by atoms with Crippen molar-refractivity contribution >= 4 is 15.9 Å². The predicted octanol–water partition coefficient (Wildman–Crippen LogP) is 2.55. The van der Waals surface area contributed by atoms with E-state index in [1.54, 1.807) is 6.20 Å². The highest BCUT2D eigenvalue weighted by molar-refractivity contribution is 9.10. The van der Waals surface area contributed by atoms with Gasteiger partial charge >= 0.3 is 0 Å². The summed E-state index contributed by atoms with van der Waals surface area (Å²) in [6.45, 7) is 2.04. The van der Waals surface area contributed by atoms with Crippen molar-refractivity contribution in [2.75, 3.05) is 0 Å². The van der Waals surface area contributed by atoms with E-state index < -0.39 is 0 Å². The van der Waals surface area contributed by atoms with Gasteiger partial charge in [-0.15, -0.1) is 0 Å². The molecule has 2 aromatic heterocycles. The smallest absolute Gasteiger partial charge is 0.0571 e. The fourth-order valence-corrected chi connectivity index (χ4v) is 1.71. The van der Waals surface area contributed by atoms with Crippen LogP contribution in [0.25, 0.3) is 11.1 Å². The number of hydrogen-bond acceptors (Lipinski definition) is 2. The van der Waals surface area contributed by atoms with Gasteiger partial charge < -0.3 is 0 Å². The van der Waals surface area contributed by atoms with E-state index in [1.807, 2.05) is 37.1 Å². The second-order valence-corrected chi connectivity index (χ2v) is 4.07. The summed E-state index contributed by atoms with van der Waals surface area (Å²) in [4.78, 5) is 4.13. The Morgan fingerprint density at radius 2 is 2.07 bits per heavy atom. The Bertz CT molecular complexity index is 462. The molecule has 0 fully saturated rings. The van der Waals surface area contributed by atoms with E-state index >= 15 is 0 Å². The van der Waals surface area contributed by atoms with Crippen LogP contribution in [0.5, 0.6) is 0 Å². The quantitative estimate of drug-likeness (QED) is 0.780. The van der Waals surface area contributed by atoms with Crippen molar-refractivity contribution in [2.24, 2.45) is 7.05 Å². The van der Waals surface area contributed by atoms with E-state index in [-0.39, 0.29) is 0 Å². The minimum absolute atomic E-state index is 0.984. The summed E-state index contributed by atoms with van der Waals surface area (Å²) in [5.74, 6) is 0. The average molecular weight is 252 g/mol. The third-order valence-corrected chi connectivity index (χ3v) is 2.68. The van der Waals surface area contributed by atoms with Crippen LogP contribution in [-0.4, -0.2) is 14.8 Å². The van der Waals surface area contributed by atoms with Gasteiger partial charge in [0.25, 0.3) is 0 Å². The minimum atomic E-state index is 0.984. The Morgan fingerprint density at radius 1 is 1.29 bits per heavy atom. The molecule has 0 aliphatic carbocycles. The van der Waals surface area contributed by atoms with Gasteiger partial charge in [-0.05, 0) is 28.9 Å². The van der Waals surface area contributed by atoms with Gasteiger partial charge in [0.05, 0.1) is 6.20 Å². The zero-order valence-corrected chi connectivity index (χ0v) is 9.62. The molecule has 0 bridgehead atoms. The normalized spacial score (nSPS) is 10.5. The number of hydrogen-bond donors (Lipinski definition) is 0. The number of pyridine rings is 1. The van der Waals surface area contributed by atoms with Crippen molar-refractivity contribution < 1.29 is 0 Å². The lowest BCUT2D eigenvalue weighted by Gasteiger charge is -2.00. The summed E-state index contributed by atoms with van der Waals surface area (Å²) in [5.41, 5.74) is 3.36. The van der Waals surface area contributed by atoms with Crippen LogP contribution in [-0.2, 0) is 7.05 Å². The molecular formula is C10H10BrN3. The van der Waals surface area contributed by atoms with Crippen LogP contribution in [0.3, 0.4) is 0 Å². The molecule has 0 saturated heterocycles. The van der Waals surface area contributed by atoms with Crippen molar-refractivity contribution in [1.82, 2.24) is 14.8 Å². The van der Waals surface area contributed by atoms with Crippen LogP contribution in [0.4, 0.5) is 0 Å². The SMILES string of the molecule is Cc1c(-c2cncc(Br)c2)cnn1C. The Labute approximate surface area is 90.9 Å². The Morgan fingerprint density at radius 3 is 2.64 bits per heavy atom. The molecule has 0 aliphatic heterocycles. The van der Waals surface area contributed by atoms with Crippen molar-refractivity contribution in [2.45, 2.75) is 6.92 Å². The van der Waals surface area contributed by atoms with Crippen LogP contribution in [0, 0.1) is 6.92 Å². The van der Waals surface area contributed by atoms with Crippen molar-refractivity contribution in [1.29, 1.82) is 0 Å². The first kappa shape index (κ1) is 9.40. The van der Waals surface area contributed by atoms with E-state index in [9.17, 15) is 0 Å². The maximum Gasteiger partial charge on any atom is 0.0571 e. The molecule has 2 heterocycles. The standard InChI is InChI=1S/C10H10BrN3/c1-7-10(6-13-14(7)2)8-3-9(11)5-12-4-8/h3-6H,1-2H3. The lowest BCUT2D eigenvalue weighted by atomic mass is 10.1. The molecule has 2 aromatic rings. The Kier molecular flexibility index (Phi) is 2.37. The first-order valence-corrected chi connectivity index (χ1v) is 5.07. The second kappa shape index (κ2) is 3.53. The zero-order valence-electron chi connectivity index (χ0n) is 8.03. The molecule has 14 heavy (non-hydrogen) atoms. The number of halogens is 1. The van der Waals surface area contributed by atoms with Crippen LogP contribution in [0.1, 0.15) is 5.69 Å². The van der Waals surface area contributed by atoms with Gasteiger partial charge in [-0.25, -0.2) is 0 Å². The first-order chi connectivity index (χ1) is 6.68. The molecule has 0 radical (unpaired) electrons. The van der Waals surface area contributed by atoms with Crippen molar-refractivity contribution in [3.63, 3.8) is 0 Å². The van der Waals surface area contributed by atoms with E-state index in [1.165, 1.54) is 0 Å². The summed E-state index contributed by atoms with van der Waals surface area (Å²) in [6, 6.07) is 2.04. The predicted molar refractivity (Wildman–Crippen MR) is 58.9 cm³/mol. The fourth-order valence-electron chi connectivity index (χ4n) is 1.34. The Balaban J connectivity index is 2.55. The molecule has 0 spiro atoms. The molecule has 2 rings (SSSR count). The van der Waals surface area contributed by atoms with Gasteiger partial charge in [0.2, 0.25) is 0 Å². The lowest BCUT2D eigenvalue weighted by molar-refractivity contribution is 0.740. The molecule has 0 aromatic carbocycles. The first-order valence-electron chi connectivity index (χ1n) is 4.28. The van der Waals surface area contributed by atoms with E-state index in [0.29, 0.717) is 0 Å². The highest BCUT2D eigenvalue weighted by Gasteiger charge is 2.06. The molecule has 0 amide bonds. The molecule has 0 atom stereocenters. The van der Waals surface area contributed by atoms with Gasteiger partial charge in [-0.3, -0.25) is 9.67 Å². The molecule has 4 heteroatoms. The third-order valence-electron chi connectivity index (χ3n) is 2.25. The lowest BCUT2D eigenvalue weighted by Crippen LogP contribution is -1.92. The minimum Gasteiger partial charge on any atom is -0.272 e. The van der Waals surface area contributed by atoms with Gasteiger partial charge in [-0.1, -0.05) is 0 Å². The Hall–Kier alpha value is -1.16. The monoisotopic (exact) mass is 251 g/mol. The molecule has 0 N–H and O–H groups in total. The van der Waals surface area contributed by atoms with Crippen molar-refractivity contribution in [3.05, 3.63) is 34.8 Å². The second-order valence-electron chi connectivity index (χ2n) is 3.16. The molecule has 0 aliphatic rings. The molecule has 0 saturated carbocycles. The van der Waals surface area contributed by atoms with Crippen molar-refractivity contribution in [3.8, 4) is 11.1 Å². The topological polar surface area (TPSA) is 30.7 Å². The highest BCUT2D eigenvalue weighted by atomic mass is 79.9. The highest BCUT2D eigenvalue weighted by Crippen LogP contribution is 2.23. The summed E-state index contributed by atoms with van der Waals surface area (Å²) in [5, 5.41) is 4.20. The number of nitrogens with zero attached hydrogens (tertiary/aromatic N) is 3. The molecule has 0 unspecified atom stereocenters. The van der Waals surface area contributed by atoms with Crippen LogP contribution in [0.15, 0.2) is 29.1 Å². The largest absolute Gasteiger partial charge is 0.272 e. The van der Waals surface area contributed by atoms with Crippen LogP contribution in [0.2, 0.25) is 0 Å². The number of aryl methyl sites for hydroxylation is 1. The third kappa shape index (κ3) is 1.57. The fraction of sp³-hybridized carbons (Fsp3) is 0.200. The number of aromatic nitrogens is 3. The van der Waals surface area contributed by atoms with Crippen LogP contribution >= 0.6 is 15.9 Å². The maximum atomic E-state index is 4.20. The zero-order chi connectivity index (χ0) is 10.1. The van der Waals surface area contributed by atoms with Gasteiger partial charge in [0.1, 0.15) is 0 Å². The number of rotatable bonds is 1. The summed E-state index contributed by atoms with van der Waals surface area (Å²) in [6.07, 6.45) is 5.47. The maximum absolute atomic E-state index is 4.20. The van der Waals surface area contributed by atoms with Crippen LogP contribution < -0.4 is 0 Å². The van der Waals surface area contributed by atoms with E-state index in [0.717, 1.165) is 21.3 Å². The van der Waals surface area contributed by atoms with E-state index in [4.69, 9.17) is 0 Å². The average Bonchev–Trinajstić information content (AvgIpc) is 2.48. The molecular weight excluding hydrogens is 242 g/mol. The molecule has 3 nitrogen and oxygen atoms in total. The van der Waals surface area contributed by atoms with Gasteiger partial charge in [-0.2, -0.15) is 5.10 Å². The van der Waals surface area contributed by atoms with Gasteiger partial charge in [0, 0.05) is 40.7 Å². The summed E-state index contributed by atoms with van der Waals surface area (Å²) < 4.78 is 2.84. The summed E-state index contributed by atoms with van der Waals surface area (Å²) >= 11 is 3.40. The summed E-state index contributed by atoms with van der Waals surface area (Å²) in [7, 11) is 1.93. The molecule has 72 valence electrons. The van der Waals surface area contributed by atoms with E-state index in [2.05, 4.69) is 26.0 Å². The van der Waals surface area contributed by atoms with Gasteiger partial charge in [0.15, 0.2) is 0 Å².